The third kappa shape index (κ3) is 6.32. The van der Waals surface area contributed by atoms with Gasteiger partial charge in [0, 0.05) is 39.1 Å². The maximum absolute atomic E-state index is 4.27. The minimum atomic E-state index is 0.466. The molecule has 19 heavy (non-hydrogen) atoms. The van der Waals surface area contributed by atoms with Gasteiger partial charge in [0.05, 0.1) is 0 Å². The highest BCUT2D eigenvalue weighted by atomic mass is 15.2. The summed E-state index contributed by atoms with van der Waals surface area (Å²) in [4.78, 5) is 4.27. The molecule has 0 aromatic carbocycles. The highest BCUT2D eigenvalue weighted by molar-refractivity contribution is 5.79. The number of guanidine groups is 1. The monoisotopic (exact) mass is 264 g/mol. The molecule has 0 amide bonds. The maximum atomic E-state index is 4.27. The van der Waals surface area contributed by atoms with Gasteiger partial charge in [0.1, 0.15) is 0 Å². The molecule has 1 aromatic rings. The molecule has 0 aliphatic rings. The summed E-state index contributed by atoms with van der Waals surface area (Å²) >= 11 is 0. The second kappa shape index (κ2) is 8.62. The Balaban J connectivity index is 2.29. The number of aryl methyl sites for hydroxylation is 1. The minimum Gasteiger partial charge on any atom is -0.357 e. The molecule has 0 saturated carbocycles. The van der Waals surface area contributed by atoms with Gasteiger partial charge in [0.15, 0.2) is 5.96 Å². The van der Waals surface area contributed by atoms with Gasteiger partial charge in [-0.3, -0.25) is 4.99 Å². The first-order valence-corrected chi connectivity index (χ1v) is 7.23. The van der Waals surface area contributed by atoms with Crippen LogP contribution >= 0.6 is 0 Å². The Bertz CT molecular complexity index is 381. The second-order valence-electron chi connectivity index (χ2n) is 5.15. The van der Waals surface area contributed by atoms with Gasteiger partial charge in [-0.2, -0.15) is 0 Å². The third-order valence-corrected chi connectivity index (χ3v) is 3.20. The van der Waals surface area contributed by atoms with Crippen LogP contribution in [0, 0.1) is 0 Å². The fourth-order valence-corrected chi connectivity index (χ4v) is 2.05. The lowest BCUT2D eigenvalue weighted by Gasteiger charge is -2.17. The van der Waals surface area contributed by atoms with Crippen LogP contribution in [0.5, 0.6) is 0 Å². The van der Waals surface area contributed by atoms with E-state index in [0.29, 0.717) is 6.04 Å². The molecule has 4 nitrogen and oxygen atoms in total. The van der Waals surface area contributed by atoms with Crippen molar-refractivity contribution in [2.75, 3.05) is 7.05 Å². The van der Waals surface area contributed by atoms with Gasteiger partial charge in [0.25, 0.3) is 0 Å². The third-order valence-electron chi connectivity index (χ3n) is 3.20. The van der Waals surface area contributed by atoms with E-state index in [1.54, 1.807) is 0 Å². The first-order valence-electron chi connectivity index (χ1n) is 7.23. The van der Waals surface area contributed by atoms with Crippen molar-refractivity contribution in [3.05, 3.63) is 24.0 Å². The summed E-state index contributed by atoms with van der Waals surface area (Å²) < 4.78 is 2.06. The Morgan fingerprint density at radius 1 is 1.42 bits per heavy atom. The number of aromatic nitrogens is 1. The second-order valence-corrected chi connectivity index (χ2v) is 5.15. The summed E-state index contributed by atoms with van der Waals surface area (Å²) in [6.07, 6.45) is 9.22. The fraction of sp³-hybridized carbons (Fsp3) is 0.667. The predicted octanol–water partition coefficient (Wildman–Crippen LogP) is 2.66. The Kier molecular flexibility index (Phi) is 7.08. The number of unbranched alkanes of at least 4 members (excludes halogenated alkanes) is 2. The average Bonchev–Trinajstić information content (AvgIpc) is 2.80. The fourth-order valence-electron chi connectivity index (χ4n) is 2.05. The number of hydrogen-bond acceptors (Lipinski definition) is 1. The zero-order chi connectivity index (χ0) is 14.1. The van der Waals surface area contributed by atoms with Gasteiger partial charge in [0.2, 0.25) is 0 Å². The van der Waals surface area contributed by atoms with Crippen LogP contribution in [0.2, 0.25) is 0 Å². The molecule has 108 valence electrons. The Morgan fingerprint density at radius 3 is 2.79 bits per heavy atom. The van der Waals surface area contributed by atoms with E-state index in [1.807, 2.05) is 14.1 Å². The number of hydrogen-bond donors (Lipinski definition) is 2. The summed E-state index contributed by atoms with van der Waals surface area (Å²) in [6.45, 7) is 5.26. The molecule has 0 saturated heterocycles. The Morgan fingerprint density at radius 2 is 2.21 bits per heavy atom. The Labute approximate surface area is 117 Å². The number of rotatable bonds is 7. The van der Waals surface area contributed by atoms with Crippen molar-refractivity contribution in [3.8, 4) is 0 Å². The van der Waals surface area contributed by atoms with E-state index in [-0.39, 0.29) is 0 Å². The minimum absolute atomic E-state index is 0.466. The molecule has 1 aromatic heterocycles. The molecule has 4 heteroatoms. The van der Waals surface area contributed by atoms with Gasteiger partial charge in [-0.25, -0.2) is 0 Å². The average molecular weight is 264 g/mol. The van der Waals surface area contributed by atoms with Crippen molar-refractivity contribution in [1.82, 2.24) is 15.2 Å². The lowest BCUT2D eigenvalue weighted by molar-refractivity contribution is 0.546. The first-order chi connectivity index (χ1) is 9.15. The van der Waals surface area contributed by atoms with Crippen LogP contribution in [0.15, 0.2) is 23.5 Å². The molecule has 0 aliphatic carbocycles. The number of aliphatic imine (C=N–C) groups is 1. The van der Waals surface area contributed by atoms with Crippen molar-refractivity contribution in [3.63, 3.8) is 0 Å². The van der Waals surface area contributed by atoms with E-state index in [4.69, 9.17) is 0 Å². The smallest absolute Gasteiger partial charge is 0.191 e. The van der Waals surface area contributed by atoms with Gasteiger partial charge < -0.3 is 15.2 Å². The van der Waals surface area contributed by atoms with E-state index in [0.717, 1.165) is 12.5 Å². The molecule has 0 spiro atoms. The molecular formula is C15H28N4. The van der Waals surface area contributed by atoms with Crippen LogP contribution in [0.4, 0.5) is 0 Å². The van der Waals surface area contributed by atoms with Gasteiger partial charge in [-0.15, -0.1) is 0 Å². The molecule has 2 N–H and O–H groups in total. The number of nitrogens with zero attached hydrogens (tertiary/aromatic N) is 2. The highest BCUT2D eigenvalue weighted by Gasteiger charge is 2.05. The van der Waals surface area contributed by atoms with Crippen LogP contribution in [0.25, 0.3) is 0 Å². The van der Waals surface area contributed by atoms with Crippen molar-refractivity contribution in [2.24, 2.45) is 12.0 Å². The summed E-state index contributed by atoms with van der Waals surface area (Å²) in [5.74, 6) is 0.882. The Hall–Kier alpha value is -1.45. The quantitative estimate of drug-likeness (QED) is 0.451. The van der Waals surface area contributed by atoms with Crippen LogP contribution in [0.1, 0.15) is 45.1 Å². The van der Waals surface area contributed by atoms with Gasteiger partial charge in [-0.05, 0) is 25.0 Å². The lowest BCUT2D eigenvalue weighted by Crippen LogP contribution is -2.41. The van der Waals surface area contributed by atoms with E-state index in [9.17, 15) is 0 Å². The van der Waals surface area contributed by atoms with Crippen LogP contribution < -0.4 is 10.6 Å². The van der Waals surface area contributed by atoms with Crippen LogP contribution in [0.3, 0.4) is 0 Å². The number of nitrogens with one attached hydrogen (secondary N) is 2. The van der Waals surface area contributed by atoms with Crippen molar-refractivity contribution >= 4 is 5.96 Å². The van der Waals surface area contributed by atoms with Crippen LogP contribution in [-0.2, 0) is 13.6 Å². The maximum Gasteiger partial charge on any atom is 0.191 e. The first kappa shape index (κ1) is 15.6. The predicted molar refractivity (Wildman–Crippen MR) is 82.4 cm³/mol. The highest BCUT2D eigenvalue weighted by Crippen LogP contribution is 2.03. The SMILES string of the molecule is CCCCCC(C)NC(=NC)NCc1ccn(C)c1. The molecule has 0 fully saturated rings. The molecule has 1 rings (SSSR count). The van der Waals surface area contributed by atoms with Crippen molar-refractivity contribution in [2.45, 2.75) is 52.1 Å². The largest absolute Gasteiger partial charge is 0.357 e. The summed E-state index contributed by atoms with van der Waals surface area (Å²) in [7, 11) is 3.85. The van der Waals surface area contributed by atoms with E-state index >= 15 is 0 Å². The zero-order valence-electron chi connectivity index (χ0n) is 12.7. The molecular weight excluding hydrogens is 236 g/mol. The van der Waals surface area contributed by atoms with E-state index in [1.165, 1.54) is 31.2 Å². The molecule has 1 heterocycles. The van der Waals surface area contributed by atoms with E-state index in [2.05, 4.69) is 52.5 Å². The standard InChI is InChI=1S/C15H28N4/c1-5-6-7-8-13(2)18-15(16-3)17-11-14-9-10-19(4)12-14/h9-10,12-13H,5-8,11H2,1-4H3,(H2,16,17,18). The summed E-state index contributed by atoms with van der Waals surface area (Å²) in [5.41, 5.74) is 1.27. The normalized spacial score (nSPS) is 13.4. The van der Waals surface area contributed by atoms with Gasteiger partial charge in [-0.1, -0.05) is 26.2 Å². The lowest BCUT2D eigenvalue weighted by atomic mass is 10.1. The molecule has 1 unspecified atom stereocenters. The molecule has 0 radical (unpaired) electrons. The summed E-state index contributed by atoms with van der Waals surface area (Å²) in [5, 5.41) is 6.78. The van der Waals surface area contributed by atoms with Crippen molar-refractivity contribution < 1.29 is 0 Å². The van der Waals surface area contributed by atoms with Gasteiger partial charge >= 0.3 is 0 Å². The van der Waals surface area contributed by atoms with E-state index < -0.39 is 0 Å². The molecule has 0 bridgehead atoms. The van der Waals surface area contributed by atoms with Crippen molar-refractivity contribution in [1.29, 1.82) is 0 Å². The summed E-state index contributed by atoms with van der Waals surface area (Å²) in [6, 6.07) is 2.58. The zero-order valence-corrected chi connectivity index (χ0v) is 12.7. The molecule has 0 aliphatic heterocycles. The van der Waals surface area contributed by atoms with Crippen LogP contribution in [-0.4, -0.2) is 23.6 Å². The topological polar surface area (TPSA) is 41.4 Å². The molecule has 1 atom stereocenters.